The predicted molar refractivity (Wildman–Crippen MR) is 114 cm³/mol. The number of nitrogens with zero attached hydrogens (tertiary/aromatic N) is 1. The van der Waals surface area contributed by atoms with Crippen molar-refractivity contribution in [3.8, 4) is 5.75 Å². The lowest BCUT2D eigenvalue weighted by Gasteiger charge is -2.25. The molecular formula is C23H29N2O3S-. The van der Waals surface area contributed by atoms with E-state index in [0.29, 0.717) is 18.4 Å². The van der Waals surface area contributed by atoms with E-state index >= 15 is 0 Å². The fourth-order valence-corrected chi connectivity index (χ4v) is 5.32. The zero-order valence-corrected chi connectivity index (χ0v) is 17.9. The molecule has 2 aromatic carbocycles. The minimum Gasteiger partial charge on any atom is -0.760 e. The van der Waals surface area contributed by atoms with Gasteiger partial charge in [-0.15, -0.1) is 0 Å². The van der Waals surface area contributed by atoms with E-state index < -0.39 is 11.3 Å². The SMILES string of the molecule is COc1ccc(CCCN2CC3C(C2)C3(C)c2cccc(CNS(=O)[O-])c2)cc1. The van der Waals surface area contributed by atoms with Crippen LogP contribution in [0.4, 0.5) is 0 Å². The number of ether oxygens (including phenoxy) is 1. The van der Waals surface area contributed by atoms with Crippen LogP contribution in [-0.4, -0.2) is 40.4 Å². The van der Waals surface area contributed by atoms with E-state index in [9.17, 15) is 8.76 Å². The average molecular weight is 414 g/mol. The summed E-state index contributed by atoms with van der Waals surface area (Å²) in [6.45, 7) is 6.20. The summed E-state index contributed by atoms with van der Waals surface area (Å²) in [7, 11) is 1.70. The molecule has 0 amide bonds. The maximum Gasteiger partial charge on any atom is 0.118 e. The Morgan fingerprint density at radius 2 is 1.90 bits per heavy atom. The van der Waals surface area contributed by atoms with Crippen molar-refractivity contribution >= 4 is 11.3 Å². The molecule has 29 heavy (non-hydrogen) atoms. The Morgan fingerprint density at radius 3 is 2.55 bits per heavy atom. The van der Waals surface area contributed by atoms with Crippen molar-refractivity contribution < 1.29 is 13.5 Å². The van der Waals surface area contributed by atoms with Crippen LogP contribution in [-0.2, 0) is 29.6 Å². The maximum absolute atomic E-state index is 10.7. The summed E-state index contributed by atoms with van der Waals surface area (Å²) < 4.78 is 29.2. The first kappa shape index (κ1) is 20.5. The second kappa shape index (κ2) is 8.56. The van der Waals surface area contributed by atoms with Gasteiger partial charge in [-0.25, -0.2) is 4.72 Å². The van der Waals surface area contributed by atoms with Crippen molar-refractivity contribution in [3.63, 3.8) is 0 Å². The number of fused-ring (bicyclic) bond motifs is 1. The molecule has 1 aliphatic heterocycles. The van der Waals surface area contributed by atoms with Gasteiger partial charge in [-0.1, -0.05) is 43.3 Å². The van der Waals surface area contributed by atoms with Crippen LogP contribution in [0.5, 0.6) is 5.75 Å². The van der Waals surface area contributed by atoms with Crippen LogP contribution in [0.3, 0.4) is 0 Å². The summed E-state index contributed by atoms with van der Waals surface area (Å²) in [4.78, 5) is 2.60. The first-order chi connectivity index (χ1) is 14.0. The van der Waals surface area contributed by atoms with Crippen LogP contribution in [0, 0.1) is 11.8 Å². The molecule has 2 aromatic rings. The number of rotatable bonds is 9. The number of hydrogen-bond acceptors (Lipinski definition) is 4. The molecule has 2 aliphatic rings. The van der Waals surface area contributed by atoms with E-state index in [-0.39, 0.29) is 5.41 Å². The molecule has 1 N–H and O–H groups in total. The van der Waals surface area contributed by atoms with Crippen molar-refractivity contribution in [1.29, 1.82) is 0 Å². The number of aryl methyl sites for hydroxylation is 1. The predicted octanol–water partition coefficient (Wildman–Crippen LogP) is 3.03. The largest absolute Gasteiger partial charge is 0.760 e. The highest BCUT2D eigenvalue weighted by molar-refractivity contribution is 7.77. The zero-order chi connectivity index (χ0) is 20.4. The second-order valence-corrected chi connectivity index (χ2v) is 9.22. The zero-order valence-electron chi connectivity index (χ0n) is 17.1. The van der Waals surface area contributed by atoms with Gasteiger partial charge in [0.1, 0.15) is 5.75 Å². The Hall–Kier alpha value is -1.73. The molecule has 0 radical (unpaired) electrons. The third-order valence-corrected chi connectivity index (χ3v) is 7.25. The molecule has 1 heterocycles. The van der Waals surface area contributed by atoms with Crippen LogP contribution in [0.25, 0.3) is 0 Å². The van der Waals surface area contributed by atoms with Crippen molar-refractivity contribution in [2.24, 2.45) is 11.8 Å². The first-order valence-electron chi connectivity index (χ1n) is 10.3. The summed E-state index contributed by atoms with van der Waals surface area (Å²) in [5.74, 6) is 2.33. The van der Waals surface area contributed by atoms with Crippen molar-refractivity contribution in [3.05, 3.63) is 65.2 Å². The third kappa shape index (κ3) is 4.40. The molecule has 1 saturated carbocycles. The highest BCUT2D eigenvalue weighted by atomic mass is 32.2. The smallest absolute Gasteiger partial charge is 0.118 e. The number of piperidine rings is 1. The van der Waals surface area contributed by atoms with E-state index in [1.807, 2.05) is 24.3 Å². The van der Waals surface area contributed by atoms with Crippen LogP contribution < -0.4 is 9.46 Å². The van der Waals surface area contributed by atoms with Crippen molar-refractivity contribution in [2.75, 3.05) is 26.7 Å². The standard InChI is InChI=1S/C23H30N2O3S/c1-23(19-7-3-5-18(13-19)14-24-29(26)27)21-15-25(16-22(21)23)12-4-6-17-8-10-20(28-2)11-9-17/h3,5,7-11,13,21-22,24H,4,6,12,14-16H2,1-2H3,(H,26,27)/p-1. The minimum absolute atomic E-state index is 0.235. The van der Waals surface area contributed by atoms with E-state index in [1.54, 1.807) is 7.11 Å². The van der Waals surface area contributed by atoms with Crippen LogP contribution in [0.1, 0.15) is 30.0 Å². The van der Waals surface area contributed by atoms with Gasteiger partial charge in [0.05, 0.1) is 7.11 Å². The van der Waals surface area contributed by atoms with Gasteiger partial charge in [0.2, 0.25) is 0 Å². The molecular weight excluding hydrogens is 384 g/mol. The number of likely N-dealkylation sites (tertiary alicyclic amines) is 1. The van der Waals surface area contributed by atoms with E-state index in [2.05, 4.69) is 40.8 Å². The van der Waals surface area contributed by atoms with Gasteiger partial charge >= 0.3 is 0 Å². The molecule has 0 aromatic heterocycles. The molecule has 5 nitrogen and oxygen atoms in total. The molecule has 156 valence electrons. The normalized spacial score (nSPS) is 26.9. The second-order valence-electron chi connectivity index (χ2n) is 8.46. The number of nitrogens with one attached hydrogen (secondary N) is 1. The molecule has 1 saturated heterocycles. The minimum atomic E-state index is -2.22. The van der Waals surface area contributed by atoms with Gasteiger partial charge in [-0.2, -0.15) is 0 Å². The fourth-order valence-electron chi connectivity index (χ4n) is 5.03. The lowest BCUT2D eigenvalue weighted by molar-refractivity contribution is 0.274. The topological polar surface area (TPSA) is 64.6 Å². The van der Waals surface area contributed by atoms with Gasteiger partial charge < -0.3 is 14.2 Å². The van der Waals surface area contributed by atoms with Crippen LogP contribution in [0.15, 0.2) is 48.5 Å². The summed E-state index contributed by atoms with van der Waals surface area (Å²) in [5, 5.41) is 0. The van der Waals surface area contributed by atoms with Gasteiger partial charge in [-0.05, 0) is 60.0 Å². The molecule has 2 fully saturated rings. The van der Waals surface area contributed by atoms with Crippen LogP contribution >= 0.6 is 0 Å². The Labute approximate surface area is 175 Å². The highest BCUT2D eigenvalue weighted by Crippen LogP contribution is 2.63. The Bertz CT molecular complexity index is 859. The third-order valence-electron chi connectivity index (χ3n) is 6.87. The molecule has 3 atom stereocenters. The summed E-state index contributed by atoms with van der Waals surface area (Å²) in [5.41, 5.74) is 3.97. The number of methoxy groups -OCH3 is 1. The Balaban J connectivity index is 1.27. The lowest BCUT2D eigenvalue weighted by atomic mass is 9.91. The molecule has 4 rings (SSSR count). The molecule has 3 unspecified atom stereocenters. The fraction of sp³-hybridized carbons (Fsp3) is 0.478. The maximum atomic E-state index is 10.7. The van der Waals surface area contributed by atoms with Gasteiger partial charge in [0.25, 0.3) is 0 Å². The highest BCUT2D eigenvalue weighted by Gasteiger charge is 2.65. The van der Waals surface area contributed by atoms with E-state index in [4.69, 9.17) is 4.74 Å². The van der Waals surface area contributed by atoms with Crippen molar-refractivity contribution in [2.45, 2.75) is 31.7 Å². The molecule has 1 aliphatic carbocycles. The van der Waals surface area contributed by atoms with E-state index in [1.165, 1.54) is 17.5 Å². The first-order valence-corrected chi connectivity index (χ1v) is 11.4. The molecule has 0 spiro atoms. The summed E-state index contributed by atoms with van der Waals surface area (Å²) in [6, 6.07) is 16.8. The number of hydrogen-bond donors (Lipinski definition) is 1. The molecule has 6 heteroatoms. The van der Waals surface area contributed by atoms with Gasteiger partial charge in [0.15, 0.2) is 0 Å². The van der Waals surface area contributed by atoms with Gasteiger partial charge in [-0.3, -0.25) is 4.21 Å². The average Bonchev–Trinajstić information content (AvgIpc) is 3.08. The van der Waals surface area contributed by atoms with E-state index in [0.717, 1.165) is 37.4 Å². The summed E-state index contributed by atoms with van der Waals surface area (Å²) >= 11 is -2.22. The summed E-state index contributed by atoms with van der Waals surface area (Å²) in [6.07, 6.45) is 2.28. The Kier molecular flexibility index (Phi) is 6.06. The van der Waals surface area contributed by atoms with Crippen molar-refractivity contribution in [1.82, 2.24) is 9.62 Å². The quantitative estimate of drug-likeness (QED) is 0.642. The number of benzene rings is 2. The van der Waals surface area contributed by atoms with Crippen LogP contribution in [0.2, 0.25) is 0 Å². The monoisotopic (exact) mass is 413 g/mol. The Morgan fingerprint density at radius 1 is 1.17 bits per heavy atom. The van der Waals surface area contributed by atoms with Gasteiger partial charge in [0, 0.05) is 36.3 Å². The lowest BCUT2D eigenvalue weighted by Crippen LogP contribution is -2.30. The molecule has 0 bridgehead atoms.